The second-order valence-corrected chi connectivity index (χ2v) is 4.74. The number of anilines is 1. The average molecular weight is 261 g/mol. The first-order chi connectivity index (χ1) is 8.99. The molecular weight excluding hydrogens is 244 g/mol. The second-order valence-electron chi connectivity index (χ2n) is 4.74. The van der Waals surface area contributed by atoms with Crippen LogP contribution in [0.1, 0.15) is 16.7 Å². The minimum absolute atomic E-state index is 0.0350. The first kappa shape index (κ1) is 13.5. The van der Waals surface area contributed by atoms with E-state index in [1.807, 2.05) is 32.0 Å². The Kier molecular flexibility index (Phi) is 3.84. The first-order valence-electron chi connectivity index (χ1n) is 6.23. The number of aryl methyl sites for hydroxylation is 2. The van der Waals surface area contributed by atoms with Crippen molar-refractivity contribution in [2.75, 3.05) is 11.9 Å². The van der Waals surface area contributed by atoms with Crippen LogP contribution in [0.4, 0.5) is 14.5 Å². The highest BCUT2D eigenvalue weighted by Crippen LogP contribution is 2.28. The van der Waals surface area contributed by atoms with Crippen LogP contribution < -0.4 is 5.32 Å². The average Bonchev–Trinajstić information content (AvgIpc) is 2.41. The van der Waals surface area contributed by atoms with E-state index in [4.69, 9.17) is 0 Å². The van der Waals surface area contributed by atoms with E-state index in [-0.39, 0.29) is 5.56 Å². The van der Waals surface area contributed by atoms with E-state index in [0.717, 1.165) is 16.8 Å². The van der Waals surface area contributed by atoms with Gasteiger partial charge in [0.05, 0.1) is 6.54 Å². The molecule has 0 fully saturated rings. The van der Waals surface area contributed by atoms with Crippen LogP contribution in [-0.2, 0) is 5.92 Å². The van der Waals surface area contributed by atoms with Crippen LogP contribution in [0.2, 0.25) is 0 Å². The van der Waals surface area contributed by atoms with Crippen molar-refractivity contribution in [1.82, 2.24) is 0 Å². The Hall–Kier alpha value is -1.90. The summed E-state index contributed by atoms with van der Waals surface area (Å²) in [4.78, 5) is 0. The quantitative estimate of drug-likeness (QED) is 0.854. The minimum Gasteiger partial charge on any atom is -0.378 e. The monoisotopic (exact) mass is 261 g/mol. The van der Waals surface area contributed by atoms with Crippen molar-refractivity contribution in [3.05, 3.63) is 65.2 Å². The lowest BCUT2D eigenvalue weighted by molar-refractivity contribution is 0.0106. The number of halogens is 2. The lowest BCUT2D eigenvalue weighted by atomic mass is 10.1. The standard InChI is InChI=1S/C16H17F2N/c1-12-8-9-13(2)15(10-12)19-11-16(17,18)14-6-4-3-5-7-14/h3-10,19H,11H2,1-2H3. The fraction of sp³-hybridized carbons (Fsp3) is 0.250. The molecule has 1 N–H and O–H groups in total. The summed E-state index contributed by atoms with van der Waals surface area (Å²) in [5.41, 5.74) is 2.81. The SMILES string of the molecule is Cc1ccc(C)c(NCC(F)(F)c2ccccc2)c1. The Morgan fingerprint density at radius 1 is 1.00 bits per heavy atom. The van der Waals surface area contributed by atoms with E-state index in [9.17, 15) is 8.78 Å². The lowest BCUT2D eigenvalue weighted by Gasteiger charge is -2.19. The van der Waals surface area contributed by atoms with Gasteiger partial charge in [-0.15, -0.1) is 0 Å². The van der Waals surface area contributed by atoms with Gasteiger partial charge in [-0.25, -0.2) is 0 Å². The second kappa shape index (κ2) is 5.39. The molecule has 0 saturated carbocycles. The summed E-state index contributed by atoms with van der Waals surface area (Å²) < 4.78 is 28.0. The molecule has 0 radical (unpaired) electrons. The molecule has 0 spiro atoms. The molecule has 0 aliphatic rings. The topological polar surface area (TPSA) is 12.0 Å². The van der Waals surface area contributed by atoms with Gasteiger partial charge in [0.1, 0.15) is 0 Å². The fourth-order valence-corrected chi connectivity index (χ4v) is 1.92. The molecule has 2 aromatic rings. The van der Waals surface area contributed by atoms with Gasteiger partial charge in [-0.3, -0.25) is 0 Å². The van der Waals surface area contributed by atoms with Crippen molar-refractivity contribution in [3.63, 3.8) is 0 Å². The molecule has 0 aromatic heterocycles. The first-order valence-corrected chi connectivity index (χ1v) is 6.23. The third-order valence-corrected chi connectivity index (χ3v) is 3.09. The third kappa shape index (κ3) is 3.31. The van der Waals surface area contributed by atoms with E-state index in [0.29, 0.717) is 0 Å². The smallest absolute Gasteiger partial charge is 0.290 e. The zero-order valence-corrected chi connectivity index (χ0v) is 11.1. The van der Waals surface area contributed by atoms with Crippen LogP contribution in [0.5, 0.6) is 0 Å². The summed E-state index contributed by atoms with van der Waals surface area (Å²) in [6.07, 6.45) is 0. The number of benzene rings is 2. The van der Waals surface area contributed by atoms with Crippen molar-refractivity contribution in [1.29, 1.82) is 0 Å². The van der Waals surface area contributed by atoms with E-state index in [1.54, 1.807) is 18.2 Å². The molecule has 100 valence electrons. The summed E-state index contributed by atoms with van der Waals surface area (Å²) in [5.74, 6) is -2.88. The predicted molar refractivity (Wildman–Crippen MR) is 74.7 cm³/mol. The molecule has 0 aliphatic heterocycles. The van der Waals surface area contributed by atoms with Gasteiger partial charge in [0.25, 0.3) is 5.92 Å². The third-order valence-electron chi connectivity index (χ3n) is 3.09. The zero-order chi connectivity index (χ0) is 13.9. The molecule has 2 aromatic carbocycles. The lowest BCUT2D eigenvalue weighted by Crippen LogP contribution is -2.24. The highest BCUT2D eigenvalue weighted by atomic mass is 19.3. The Labute approximate surface area is 112 Å². The van der Waals surface area contributed by atoms with Crippen LogP contribution in [0, 0.1) is 13.8 Å². The molecule has 0 amide bonds. The van der Waals surface area contributed by atoms with Gasteiger partial charge in [-0.1, -0.05) is 42.5 Å². The molecule has 3 heteroatoms. The number of hydrogen-bond acceptors (Lipinski definition) is 1. The molecule has 0 saturated heterocycles. The Morgan fingerprint density at radius 3 is 2.37 bits per heavy atom. The zero-order valence-electron chi connectivity index (χ0n) is 11.1. The van der Waals surface area contributed by atoms with Crippen LogP contribution in [0.25, 0.3) is 0 Å². The molecule has 0 aliphatic carbocycles. The van der Waals surface area contributed by atoms with Gasteiger partial charge in [0.2, 0.25) is 0 Å². The van der Waals surface area contributed by atoms with E-state index in [2.05, 4.69) is 5.32 Å². The van der Waals surface area contributed by atoms with Crippen LogP contribution in [0.15, 0.2) is 48.5 Å². The summed E-state index contributed by atoms with van der Waals surface area (Å²) in [7, 11) is 0. The molecule has 0 unspecified atom stereocenters. The summed E-state index contributed by atoms with van der Waals surface area (Å²) in [6.45, 7) is 3.45. The van der Waals surface area contributed by atoms with Gasteiger partial charge >= 0.3 is 0 Å². The van der Waals surface area contributed by atoms with Gasteiger partial charge in [0.15, 0.2) is 0 Å². The molecule has 2 rings (SSSR count). The minimum atomic E-state index is -2.88. The number of nitrogens with one attached hydrogen (secondary N) is 1. The van der Waals surface area contributed by atoms with Crippen LogP contribution in [0.3, 0.4) is 0 Å². The molecule has 0 bridgehead atoms. The molecule has 19 heavy (non-hydrogen) atoms. The summed E-state index contributed by atoms with van der Waals surface area (Å²) in [5, 5.41) is 2.84. The fourth-order valence-electron chi connectivity index (χ4n) is 1.92. The number of rotatable bonds is 4. The van der Waals surface area contributed by atoms with Crippen LogP contribution in [-0.4, -0.2) is 6.54 Å². The Bertz CT molecular complexity index is 550. The molecule has 1 nitrogen and oxygen atoms in total. The normalized spacial score (nSPS) is 11.4. The highest BCUT2D eigenvalue weighted by Gasteiger charge is 2.30. The van der Waals surface area contributed by atoms with Crippen molar-refractivity contribution in [3.8, 4) is 0 Å². The largest absolute Gasteiger partial charge is 0.378 e. The van der Waals surface area contributed by atoms with Crippen molar-refractivity contribution < 1.29 is 8.78 Å². The van der Waals surface area contributed by atoms with Crippen LogP contribution >= 0.6 is 0 Å². The van der Waals surface area contributed by atoms with Gasteiger partial charge in [-0.2, -0.15) is 8.78 Å². The Morgan fingerprint density at radius 2 is 1.68 bits per heavy atom. The van der Waals surface area contributed by atoms with Crippen molar-refractivity contribution in [2.45, 2.75) is 19.8 Å². The van der Waals surface area contributed by atoms with Crippen molar-refractivity contribution >= 4 is 5.69 Å². The van der Waals surface area contributed by atoms with Gasteiger partial charge < -0.3 is 5.32 Å². The summed E-state index contributed by atoms with van der Waals surface area (Å²) in [6, 6.07) is 13.7. The molecule has 0 atom stereocenters. The van der Waals surface area contributed by atoms with E-state index in [1.165, 1.54) is 12.1 Å². The Balaban J connectivity index is 2.12. The number of alkyl halides is 2. The molecular formula is C16H17F2N. The maximum Gasteiger partial charge on any atom is 0.290 e. The van der Waals surface area contributed by atoms with Gasteiger partial charge in [-0.05, 0) is 31.0 Å². The number of hydrogen-bond donors (Lipinski definition) is 1. The maximum atomic E-state index is 14.0. The predicted octanol–water partition coefficient (Wildman–Crippen LogP) is 4.51. The van der Waals surface area contributed by atoms with Crippen molar-refractivity contribution in [2.24, 2.45) is 0 Å². The summed E-state index contributed by atoms with van der Waals surface area (Å²) >= 11 is 0. The molecule has 0 heterocycles. The maximum absolute atomic E-state index is 14.0. The van der Waals surface area contributed by atoms with E-state index >= 15 is 0 Å². The van der Waals surface area contributed by atoms with Gasteiger partial charge in [0, 0.05) is 11.3 Å². The van der Waals surface area contributed by atoms with E-state index < -0.39 is 12.5 Å². The highest BCUT2D eigenvalue weighted by molar-refractivity contribution is 5.52.